The monoisotopic (exact) mass is 420 g/mol. The van der Waals surface area contributed by atoms with Gasteiger partial charge in [0.25, 0.3) is 0 Å². The Hall–Kier alpha value is -1.86. The summed E-state index contributed by atoms with van der Waals surface area (Å²) in [5.74, 6) is -2.28. The van der Waals surface area contributed by atoms with Gasteiger partial charge in [-0.2, -0.15) is 0 Å². The Bertz CT molecular complexity index is 879. The van der Waals surface area contributed by atoms with Crippen LogP contribution in [0.4, 0.5) is 4.39 Å². The average Bonchev–Trinajstić information content (AvgIpc) is 2.94. The fraction of sp³-hybridized carbons (Fsp3) is 0.696. The van der Waals surface area contributed by atoms with Crippen molar-refractivity contribution in [3.63, 3.8) is 0 Å². The van der Waals surface area contributed by atoms with Crippen molar-refractivity contribution >= 4 is 17.5 Å². The number of fused-ring (bicyclic) bond motifs is 5. The van der Waals surface area contributed by atoms with Crippen LogP contribution in [-0.4, -0.2) is 51.7 Å². The summed E-state index contributed by atoms with van der Waals surface area (Å²) in [7, 11) is 0. The van der Waals surface area contributed by atoms with Crippen molar-refractivity contribution in [1.29, 1.82) is 0 Å². The molecule has 7 atom stereocenters. The number of ketones is 2. The lowest BCUT2D eigenvalue weighted by atomic mass is 9.44. The Morgan fingerprint density at radius 3 is 2.63 bits per heavy atom. The zero-order valence-corrected chi connectivity index (χ0v) is 17.6. The van der Waals surface area contributed by atoms with Crippen LogP contribution in [0.1, 0.15) is 52.9 Å². The molecular weight excluding hydrogens is 391 g/mol. The van der Waals surface area contributed by atoms with Gasteiger partial charge in [0.15, 0.2) is 18.1 Å². The Labute approximate surface area is 175 Å². The van der Waals surface area contributed by atoms with E-state index in [1.807, 2.05) is 0 Å². The van der Waals surface area contributed by atoms with E-state index in [1.54, 1.807) is 19.9 Å². The van der Waals surface area contributed by atoms with Gasteiger partial charge in [-0.1, -0.05) is 18.6 Å². The molecule has 7 heteroatoms. The van der Waals surface area contributed by atoms with Gasteiger partial charge in [0.05, 0.1) is 6.10 Å². The van der Waals surface area contributed by atoms with Crippen LogP contribution >= 0.6 is 0 Å². The number of carbonyl (C=O) groups is 3. The van der Waals surface area contributed by atoms with Crippen LogP contribution in [0, 0.1) is 22.7 Å². The molecule has 3 fully saturated rings. The number of alkyl halides is 1. The number of aliphatic hydroxyl groups excluding tert-OH is 1. The number of hydrogen-bond acceptors (Lipinski definition) is 6. The molecule has 5 unspecified atom stereocenters. The molecular formula is C23H29FO6. The minimum Gasteiger partial charge on any atom is -0.458 e. The van der Waals surface area contributed by atoms with Crippen LogP contribution in [-0.2, 0) is 19.1 Å². The molecule has 0 aliphatic heterocycles. The zero-order chi connectivity index (χ0) is 22.1. The molecule has 4 aliphatic carbocycles. The van der Waals surface area contributed by atoms with E-state index in [9.17, 15) is 24.6 Å². The molecule has 3 saturated carbocycles. The van der Waals surface area contributed by atoms with E-state index in [1.165, 1.54) is 19.1 Å². The van der Waals surface area contributed by atoms with Gasteiger partial charge in [0.2, 0.25) is 5.78 Å². The second-order valence-electron chi connectivity index (χ2n) is 9.87. The number of esters is 1. The Kier molecular flexibility index (Phi) is 4.68. The maximum Gasteiger partial charge on any atom is 0.303 e. The van der Waals surface area contributed by atoms with Crippen molar-refractivity contribution in [3.8, 4) is 0 Å². The minimum absolute atomic E-state index is 0.0857. The third-order valence-electron chi connectivity index (χ3n) is 8.66. The van der Waals surface area contributed by atoms with E-state index < -0.39 is 52.5 Å². The molecule has 0 bridgehead atoms. The van der Waals surface area contributed by atoms with Gasteiger partial charge >= 0.3 is 5.97 Å². The molecule has 6 nitrogen and oxygen atoms in total. The van der Waals surface area contributed by atoms with Crippen molar-refractivity contribution < 1.29 is 33.7 Å². The third kappa shape index (κ3) is 2.51. The Morgan fingerprint density at radius 1 is 1.27 bits per heavy atom. The van der Waals surface area contributed by atoms with E-state index in [0.29, 0.717) is 24.8 Å². The quantitative estimate of drug-likeness (QED) is 0.679. The highest BCUT2D eigenvalue weighted by atomic mass is 19.1. The molecule has 0 aromatic carbocycles. The lowest BCUT2D eigenvalue weighted by Crippen LogP contribution is -2.69. The molecule has 30 heavy (non-hydrogen) atoms. The summed E-state index contributed by atoms with van der Waals surface area (Å²) in [5.41, 5.74) is -5.23. The highest BCUT2D eigenvalue weighted by Gasteiger charge is 2.74. The molecule has 0 aromatic rings. The SMILES string of the molecule is CC(=O)OCC(=O)[C@@]1(O)CCC2C3CCC4=CC(=O)C=CC4(C)[C@@]3(F)C(O)CC21C. The first kappa shape index (κ1) is 21.4. The van der Waals surface area contributed by atoms with E-state index >= 15 is 4.39 Å². The maximum atomic E-state index is 16.9. The summed E-state index contributed by atoms with van der Waals surface area (Å²) in [5, 5.41) is 22.6. The predicted octanol–water partition coefficient (Wildman–Crippen LogP) is 2.22. The van der Waals surface area contributed by atoms with Crippen LogP contribution in [0.25, 0.3) is 0 Å². The fourth-order valence-electron chi connectivity index (χ4n) is 6.96. The second kappa shape index (κ2) is 6.57. The van der Waals surface area contributed by atoms with Crippen LogP contribution in [0.15, 0.2) is 23.8 Å². The van der Waals surface area contributed by atoms with Crippen molar-refractivity contribution in [2.45, 2.75) is 70.2 Å². The Balaban J connectivity index is 1.72. The van der Waals surface area contributed by atoms with Crippen molar-refractivity contribution in [1.82, 2.24) is 0 Å². The van der Waals surface area contributed by atoms with Crippen molar-refractivity contribution in [2.24, 2.45) is 22.7 Å². The van der Waals surface area contributed by atoms with Gasteiger partial charge < -0.3 is 14.9 Å². The predicted molar refractivity (Wildman–Crippen MR) is 105 cm³/mol. The highest BCUT2D eigenvalue weighted by molar-refractivity contribution is 6.01. The standard InChI is InChI=1S/C23H29FO6/c1-13(25)30-12-19(28)22(29)9-7-16-17-5-4-14-10-15(26)6-8-20(14,2)23(17,24)18(27)11-21(16,22)3/h6,8,10,16-18,27,29H,4-5,7,9,11-12H2,1-3H3/t16?,17?,18?,20?,21?,22-,23-/m0/s1. The maximum absolute atomic E-state index is 16.9. The number of allylic oxidation sites excluding steroid dienone is 4. The summed E-state index contributed by atoms with van der Waals surface area (Å²) >= 11 is 0. The van der Waals surface area contributed by atoms with Gasteiger partial charge in [0.1, 0.15) is 5.60 Å². The molecule has 4 aliphatic rings. The average molecular weight is 420 g/mol. The first-order valence-corrected chi connectivity index (χ1v) is 10.6. The molecule has 0 heterocycles. The van der Waals surface area contributed by atoms with E-state index in [-0.39, 0.29) is 24.5 Å². The summed E-state index contributed by atoms with van der Waals surface area (Å²) in [6.45, 7) is 4.12. The lowest BCUT2D eigenvalue weighted by Gasteiger charge is -2.62. The number of aliphatic hydroxyl groups is 2. The Morgan fingerprint density at radius 2 is 1.97 bits per heavy atom. The minimum atomic E-state index is -2.00. The molecule has 2 N–H and O–H groups in total. The fourth-order valence-corrected chi connectivity index (χ4v) is 6.96. The van der Waals surface area contributed by atoms with Gasteiger partial charge in [0, 0.05) is 23.7 Å². The van der Waals surface area contributed by atoms with Gasteiger partial charge in [-0.05, 0) is 57.1 Å². The normalized spacial score (nSPS) is 47.1. The number of halogens is 1. The van der Waals surface area contributed by atoms with Gasteiger partial charge in [-0.25, -0.2) is 4.39 Å². The molecule has 164 valence electrons. The molecule has 0 saturated heterocycles. The molecule has 0 radical (unpaired) electrons. The van der Waals surface area contributed by atoms with E-state index in [0.717, 1.165) is 0 Å². The van der Waals surface area contributed by atoms with Crippen molar-refractivity contribution in [2.75, 3.05) is 6.61 Å². The smallest absolute Gasteiger partial charge is 0.303 e. The molecule has 0 amide bonds. The number of rotatable bonds is 3. The first-order chi connectivity index (χ1) is 13.9. The lowest BCUT2D eigenvalue weighted by molar-refractivity contribution is -0.217. The first-order valence-electron chi connectivity index (χ1n) is 10.6. The zero-order valence-electron chi connectivity index (χ0n) is 17.6. The van der Waals surface area contributed by atoms with Crippen molar-refractivity contribution in [3.05, 3.63) is 23.8 Å². The molecule has 4 rings (SSSR count). The number of hydrogen-bond donors (Lipinski definition) is 2. The number of ether oxygens (including phenoxy) is 1. The largest absolute Gasteiger partial charge is 0.458 e. The van der Waals surface area contributed by atoms with E-state index in [2.05, 4.69) is 0 Å². The molecule has 0 aromatic heterocycles. The van der Waals surface area contributed by atoms with E-state index in [4.69, 9.17) is 4.74 Å². The third-order valence-corrected chi connectivity index (χ3v) is 8.66. The van der Waals surface area contributed by atoms with Crippen LogP contribution in [0.5, 0.6) is 0 Å². The van der Waals surface area contributed by atoms with Crippen LogP contribution in [0.3, 0.4) is 0 Å². The summed E-state index contributed by atoms with van der Waals surface area (Å²) < 4.78 is 21.7. The highest BCUT2D eigenvalue weighted by Crippen LogP contribution is 2.69. The number of carbonyl (C=O) groups excluding carboxylic acids is 3. The van der Waals surface area contributed by atoms with Crippen LogP contribution in [0.2, 0.25) is 0 Å². The van der Waals surface area contributed by atoms with Crippen LogP contribution < -0.4 is 0 Å². The summed E-state index contributed by atoms with van der Waals surface area (Å²) in [6.07, 6.45) is 4.47. The van der Waals surface area contributed by atoms with Gasteiger partial charge in [-0.3, -0.25) is 14.4 Å². The topological polar surface area (TPSA) is 101 Å². The van der Waals surface area contributed by atoms with Gasteiger partial charge in [-0.15, -0.1) is 0 Å². The second-order valence-corrected chi connectivity index (χ2v) is 9.87. The molecule has 0 spiro atoms. The summed E-state index contributed by atoms with van der Waals surface area (Å²) in [6, 6.07) is 0. The number of Topliss-reactive ketones (excluding diaryl/α,β-unsaturated/α-hetero) is 1. The summed E-state index contributed by atoms with van der Waals surface area (Å²) in [4.78, 5) is 35.8.